The van der Waals surface area contributed by atoms with Gasteiger partial charge in [-0.3, -0.25) is 4.90 Å². The Morgan fingerprint density at radius 2 is 1.55 bits per heavy atom. The summed E-state index contributed by atoms with van der Waals surface area (Å²) in [5, 5.41) is 11.5. The van der Waals surface area contributed by atoms with Crippen LogP contribution in [0.5, 0.6) is 0 Å². The molecule has 3 saturated heterocycles. The number of hydrogen-bond donors (Lipinski definition) is 1. The van der Waals surface area contributed by atoms with Crippen molar-refractivity contribution in [3.8, 4) is 0 Å². The molecule has 0 amide bonds. The maximum Gasteiger partial charge on any atom is 0.195 e. The minimum Gasteiger partial charge on any atom is -0.385 e. The third-order valence-corrected chi connectivity index (χ3v) is 7.43. The van der Waals surface area contributed by atoms with Gasteiger partial charge in [-0.05, 0) is 56.3 Å². The van der Waals surface area contributed by atoms with Gasteiger partial charge in [-0.15, -0.1) is 0 Å². The zero-order valence-electron chi connectivity index (χ0n) is 18.0. The van der Waals surface area contributed by atoms with E-state index in [0.717, 1.165) is 56.2 Å². The molecule has 2 unspecified atom stereocenters. The first kappa shape index (κ1) is 21.1. The topological polar surface area (TPSA) is 41.9 Å². The zero-order valence-corrected chi connectivity index (χ0v) is 18.0. The Kier molecular flexibility index (Phi) is 5.86. The molecule has 2 aromatic rings. The summed E-state index contributed by atoms with van der Waals surface area (Å²) in [6.45, 7) is 2.10. The van der Waals surface area contributed by atoms with Crippen LogP contribution < -0.4 is 0 Å². The first-order valence-corrected chi connectivity index (χ1v) is 11.7. The van der Waals surface area contributed by atoms with E-state index >= 15 is 0 Å². The van der Waals surface area contributed by atoms with Gasteiger partial charge in [0.05, 0.1) is 18.8 Å². The lowest BCUT2D eigenvalue weighted by molar-refractivity contribution is -0.174. The SMILES string of the molecule is OC1(c2ccccc2)CC2CCCC(C1)N2CCCC1(c2ccc(F)cc2)OCCO1. The Morgan fingerprint density at radius 1 is 0.903 bits per heavy atom. The minimum atomic E-state index is -0.761. The van der Waals surface area contributed by atoms with Gasteiger partial charge in [-0.25, -0.2) is 4.39 Å². The third kappa shape index (κ3) is 4.17. The average Bonchev–Trinajstić information content (AvgIpc) is 3.25. The summed E-state index contributed by atoms with van der Waals surface area (Å²) in [5.74, 6) is -1.01. The third-order valence-electron chi connectivity index (χ3n) is 7.43. The number of halogens is 1. The van der Waals surface area contributed by atoms with Crippen LogP contribution in [-0.2, 0) is 20.9 Å². The number of hydrogen-bond acceptors (Lipinski definition) is 4. The largest absolute Gasteiger partial charge is 0.385 e. The standard InChI is InChI=1S/C26H32FNO3/c27-22-12-10-21(11-13-22)26(30-16-17-31-26)14-5-15-28-23-8-4-9-24(28)19-25(29,18-23)20-6-2-1-3-7-20/h1-3,6-7,10-13,23-24,29H,4-5,8-9,14-19H2. The van der Waals surface area contributed by atoms with Crippen molar-refractivity contribution in [2.75, 3.05) is 19.8 Å². The second-order valence-electron chi connectivity index (χ2n) is 9.34. The molecule has 3 fully saturated rings. The molecule has 0 spiro atoms. The van der Waals surface area contributed by atoms with Crippen LogP contribution in [0.1, 0.15) is 56.1 Å². The Bertz CT molecular complexity index is 852. The monoisotopic (exact) mass is 425 g/mol. The number of piperidine rings is 2. The number of fused-ring (bicyclic) bond motifs is 2. The van der Waals surface area contributed by atoms with Crippen molar-refractivity contribution in [1.29, 1.82) is 0 Å². The number of ether oxygens (including phenoxy) is 2. The number of rotatable bonds is 6. The molecule has 4 nitrogen and oxygen atoms in total. The Morgan fingerprint density at radius 3 is 2.19 bits per heavy atom. The molecule has 0 radical (unpaired) electrons. The van der Waals surface area contributed by atoms with Gasteiger partial charge in [-0.2, -0.15) is 0 Å². The summed E-state index contributed by atoms with van der Waals surface area (Å²) in [7, 11) is 0. The molecule has 3 aliphatic heterocycles. The fraction of sp³-hybridized carbons (Fsp3) is 0.538. The van der Waals surface area contributed by atoms with Crippen LogP contribution in [0, 0.1) is 5.82 Å². The first-order valence-electron chi connectivity index (χ1n) is 11.7. The molecule has 166 valence electrons. The second kappa shape index (κ2) is 8.62. The summed E-state index contributed by atoms with van der Waals surface area (Å²) < 4.78 is 25.5. The number of aliphatic hydroxyl groups is 1. The lowest BCUT2D eigenvalue weighted by atomic mass is 9.72. The van der Waals surface area contributed by atoms with E-state index < -0.39 is 11.4 Å². The molecule has 2 aromatic carbocycles. The summed E-state index contributed by atoms with van der Waals surface area (Å²) in [6.07, 6.45) is 6.80. The Hall–Kier alpha value is -1.79. The highest BCUT2D eigenvalue weighted by atomic mass is 19.1. The molecule has 5 rings (SSSR count). The van der Waals surface area contributed by atoms with Gasteiger partial charge in [0.1, 0.15) is 5.82 Å². The summed E-state index contributed by atoms with van der Waals surface area (Å²) in [4.78, 5) is 2.62. The number of nitrogens with zero attached hydrogens (tertiary/aromatic N) is 1. The maximum atomic E-state index is 13.4. The quantitative estimate of drug-likeness (QED) is 0.728. The summed E-state index contributed by atoms with van der Waals surface area (Å²) >= 11 is 0. The lowest BCUT2D eigenvalue weighted by Gasteiger charge is -2.52. The summed E-state index contributed by atoms with van der Waals surface area (Å²) in [6, 6.07) is 17.5. The van der Waals surface area contributed by atoms with Gasteiger partial charge < -0.3 is 14.6 Å². The van der Waals surface area contributed by atoms with Crippen LogP contribution >= 0.6 is 0 Å². The summed E-state index contributed by atoms with van der Waals surface area (Å²) in [5.41, 5.74) is 1.22. The fourth-order valence-corrected chi connectivity index (χ4v) is 5.98. The Balaban J connectivity index is 1.26. The van der Waals surface area contributed by atoms with E-state index in [1.54, 1.807) is 12.1 Å². The first-order chi connectivity index (χ1) is 15.1. The van der Waals surface area contributed by atoms with Crippen molar-refractivity contribution in [3.05, 3.63) is 71.5 Å². The molecule has 0 saturated carbocycles. The van der Waals surface area contributed by atoms with Crippen LogP contribution in [0.2, 0.25) is 0 Å². The molecule has 0 aliphatic carbocycles. The van der Waals surface area contributed by atoms with E-state index in [2.05, 4.69) is 17.0 Å². The van der Waals surface area contributed by atoms with Crippen molar-refractivity contribution in [3.63, 3.8) is 0 Å². The lowest BCUT2D eigenvalue weighted by Crippen LogP contribution is -2.57. The van der Waals surface area contributed by atoms with Crippen molar-refractivity contribution in [2.24, 2.45) is 0 Å². The molecular formula is C26H32FNO3. The molecule has 3 heterocycles. The normalized spacial score (nSPS) is 30.4. The van der Waals surface area contributed by atoms with Gasteiger partial charge in [0.25, 0.3) is 0 Å². The molecule has 2 bridgehead atoms. The second-order valence-corrected chi connectivity index (χ2v) is 9.34. The highest BCUT2D eigenvalue weighted by Gasteiger charge is 2.46. The van der Waals surface area contributed by atoms with Crippen molar-refractivity contribution >= 4 is 0 Å². The van der Waals surface area contributed by atoms with Gasteiger partial charge in [0.15, 0.2) is 5.79 Å². The highest BCUT2D eigenvalue weighted by Crippen LogP contribution is 2.45. The van der Waals surface area contributed by atoms with Crippen LogP contribution in [0.15, 0.2) is 54.6 Å². The van der Waals surface area contributed by atoms with Crippen molar-refractivity contribution in [2.45, 2.75) is 68.4 Å². The van der Waals surface area contributed by atoms with E-state index in [4.69, 9.17) is 9.47 Å². The van der Waals surface area contributed by atoms with E-state index in [0.29, 0.717) is 25.3 Å². The van der Waals surface area contributed by atoms with E-state index in [1.807, 2.05) is 18.2 Å². The van der Waals surface area contributed by atoms with Crippen LogP contribution in [0.4, 0.5) is 4.39 Å². The molecule has 3 aliphatic rings. The molecule has 0 aromatic heterocycles. The molecule has 31 heavy (non-hydrogen) atoms. The van der Waals surface area contributed by atoms with Crippen molar-refractivity contribution < 1.29 is 19.0 Å². The molecule has 2 atom stereocenters. The fourth-order valence-electron chi connectivity index (χ4n) is 5.98. The van der Waals surface area contributed by atoms with Gasteiger partial charge in [-0.1, -0.05) is 48.9 Å². The molecule has 1 N–H and O–H groups in total. The predicted octanol–water partition coefficient (Wildman–Crippen LogP) is 4.71. The average molecular weight is 426 g/mol. The van der Waals surface area contributed by atoms with Gasteiger partial charge >= 0.3 is 0 Å². The van der Waals surface area contributed by atoms with Gasteiger partial charge in [0.2, 0.25) is 0 Å². The van der Waals surface area contributed by atoms with Crippen molar-refractivity contribution in [1.82, 2.24) is 4.90 Å². The minimum absolute atomic E-state index is 0.246. The maximum absolute atomic E-state index is 13.4. The smallest absolute Gasteiger partial charge is 0.195 e. The van der Waals surface area contributed by atoms with Crippen LogP contribution in [0.3, 0.4) is 0 Å². The predicted molar refractivity (Wildman–Crippen MR) is 117 cm³/mol. The van der Waals surface area contributed by atoms with Crippen LogP contribution in [0.25, 0.3) is 0 Å². The number of benzene rings is 2. The highest BCUT2D eigenvalue weighted by molar-refractivity contribution is 5.25. The van der Waals surface area contributed by atoms with Crippen LogP contribution in [-0.4, -0.2) is 41.8 Å². The van der Waals surface area contributed by atoms with E-state index in [9.17, 15) is 9.50 Å². The zero-order chi connectivity index (χ0) is 21.3. The van der Waals surface area contributed by atoms with E-state index in [1.165, 1.54) is 18.6 Å². The van der Waals surface area contributed by atoms with Gasteiger partial charge in [0, 0.05) is 24.1 Å². The Labute approximate surface area is 184 Å². The molecular weight excluding hydrogens is 393 g/mol. The van der Waals surface area contributed by atoms with E-state index in [-0.39, 0.29) is 5.82 Å². The molecule has 5 heteroatoms.